The van der Waals surface area contributed by atoms with Crippen molar-refractivity contribution in [2.45, 2.75) is 141 Å². The fourth-order valence-corrected chi connectivity index (χ4v) is 8.76. The van der Waals surface area contributed by atoms with Crippen LogP contribution in [0.1, 0.15) is 115 Å². The fraction of sp³-hybridized carbons (Fsp3) is 0.500. The molecule has 0 saturated carbocycles. The van der Waals surface area contributed by atoms with E-state index in [-0.39, 0.29) is 37.9 Å². The highest BCUT2D eigenvalue weighted by Crippen LogP contribution is 2.32. The number of aryl methyl sites for hydroxylation is 1. The molecule has 332 valence electrons. The second-order valence-electron chi connectivity index (χ2n) is 16.8. The molecule has 1 fully saturated rings. The lowest BCUT2D eigenvalue weighted by Gasteiger charge is -2.32. The molecular formula is C50H66N6O6. The molecule has 3 N–H and O–H groups in total. The lowest BCUT2D eigenvalue weighted by molar-refractivity contribution is -0.148. The highest BCUT2D eigenvalue weighted by molar-refractivity contribution is 5.96. The average Bonchev–Trinajstić information content (AvgIpc) is 4.01. The molecule has 1 aliphatic heterocycles. The number of H-pyrrole nitrogens is 1. The van der Waals surface area contributed by atoms with Gasteiger partial charge in [-0.05, 0) is 61.1 Å². The molecule has 2 aromatic carbocycles. The number of nitrogens with zero attached hydrogens (tertiary/aromatic N) is 3. The minimum atomic E-state index is -0.958. The van der Waals surface area contributed by atoms with Crippen LogP contribution in [0.3, 0.4) is 0 Å². The van der Waals surface area contributed by atoms with Gasteiger partial charge in [-0.3, -0.25) is 14.6 Å². The van der Waals surface area contributed by atoms with Crippen LogP contribution in [0.2, 0.25) is 0 Å². The van der Waals surface area contributed by atoms with Crippen molar-refractivity contribution >= 4 is 51.2 Å². The highest BCUT2D eigenvalue weighted by Gasteiger charge is 2.43. The number of pyridine rings is 1. The zero-order valence-corrected chi connectivity index (χ0v) is 36.9. The summed E-state index contributed by atoms with van der Waals surface area (Å²) in [5, 5.41) is 8.09. The summed E-state index contributed by atoms with van der Waals surface area (Å²) in [6.07, 6.45) is 20.9. The highest BCUT2D eigenvalue weighted by atomic mass is 16.5. The number of carbonyl (C=O) groups is 4. The lowest BCUT2D eigenvalue weighted by Crippen LogP contribution is -2.56. The molecule has 0 unspecified atom stereocenters. The Labute approximate surface area is 366 Å². The second kappa shape index (κ2) is 23.5. The second-order valence-corrected chi connectivity index (χ2v) is 16.8. The molecule has 0 aliphatic carbocycles. The van der Waals surface area contributed by atoms with E-state index < -0.39 is 36.1 Å². The van der Waals surface area contributed by atoms with E-state index in [9.17, 15) is 19.2 Å². The number of ether oxygens (including phenoxy) is 2. The number of para-hydroxylation sites is 2. The van der Waals surface area contributed by atoms with Crippen molar-refractivity contribution in [1.29, 1.82) is 0 Å². The van der Waals surface area contributed by atoms with Crippen molar-refractivity contribution in [3.05, 3.63) is 96.6 Å². The van der Waals surface area contributed by atoms with E-state index in [1.54, 1.807) is 29.4 Å². The summed E-state index contributed by atoms with van der Waals surface area (Å²) in [5.74, 6) is -1.74. The first kappa shape index (κ1) is 45.9. The summed E-state index contributed by atoms with van der Waals surface area (Å²) in [7, 11) is 1.97. The summed E-state index contributed by atoms with van der Waals surface area (Å²) >= 11 is 0. The Bertz CT molecular complexity index is 2200. The number of hydrogen-bond acceptors (Lipinski definition) is 8. The van der Waals surface area contributed by atoms with Gasteiger partial charge in [0.25, 0.3) is 0 Å². The van der Waals surface area contributed by atoms with Gasteiger partial charge in [0.15, 0.2) is 0 Å². The van der Waals surface area contributed by atoms with E-state index in [0.717, 1.165) is 97.1 Å². The van der Waals surface area contributed by atoms with Gasteiger partial charge in [-0.2, -0.15) is 0 Å². The summed E-state index contributed by atoms with van der Waals surface area (Å²) < 4.78 is 13.7. The van der Waals surface area contributed by atoms with Crippen LogP contribution in [0.15, 0.2) is 85.5 Å². The predicted molar refractivity (Wildman–Crippen MR) is 245 cm³/mol. The first-order valence-electron chi connectivity index (χ1n) is 23.0. The molecule has 6 rings (SSSR count). The molecule has 4 heterocycles. The minimum Gasteiger partial charge on any atom is -0.464 e. The Kier molecular flexibility index (Phi) is 17.4. The molecule has 0 radical (unpaired) electrons. The lowest BCUT2D eigenvalue weighted by atomic mass is 10.0. The van der Waals surface area contributed by atoms with Crippen LogP contribution in [0.5, 0.6) is 0 Å². The van der Waals surface area contributed by atoms with Crippen molar-refractivity contribution < 1.29 is 28.7 Å². The van der Waals surface area contributed by atoms with Gasteiger partial charge in [-0.15, -0.1) is 0 Å². The van der Waals surface area contributed by atoms with Crippen LogP contribution in [-0.2, 0) is 48.5 Å². The number of nitrogens with one attached hydrogen (secondary N) is 3. The van der Waals surface area contributed by atoms with Gasteiger partial charge in [0.1, 0.15) is 24.2 Å². The Morgan fingerprint density at radius 2 is 1.19 bits per heavy atom. The van der Waals surface area contributed by atoms with Crippen LogP contribution >= 0.6 is 0 Å². The maximum Gasteiger partial charge on any atom is 0.328 e. The molecule has 1 saturated heterocycles. The first-order chi connectivity index (χ1) is 30.3. The molecule has 12 heteroatoms. The Hall–Kier alpha value is -5.65. The topological polar surface area (TPSA) is 148 Å². The van der Waals surface area contributed by atoms with E-state index in [1.165, 1.54) is 12.8 Å². The SMILES string of the molecule is CCCCCCCCOC(=O)[C@H](Cc1cn(C)c2ccccc12)NC(=O)[C@@H]1CC[C@@H](C(=O)N[C@H](Cc2c[nH]c3ccccc23)C(=O)OCCCCCCCC)N1c1ccncc1. The maximum absolute atomic E-state index is 14.6. The number of unbranched alkanes of at least 4 members (excludes halogenated alkanes) is 10. The Balaban J connectivity index is 1.19. The number of aromatic amines is 1. The first-order valence-corrected chi connectivity index (χ1v) is 23.0. The summed E-state index contributed by atoms with van der Waals surface area (Å²) in [4.78, 5) is 66.0. The zero-order valence-electron chi connectivity index (χ0n) is 36.9. The maximum atomic E-state index is 14.6. The third-order valence-corrected chi connectivity index (χ3v) is 12.1. The molecule has 5 aromatic rings. The zero-order chi connectivity index (χ0) is 43.7. The fourth-order valence-electron chi connectivity index (χ4n) is 8.76. The Morgan fingerprint density at radius 3 is 1.79 bits per heavy atom. The van der Waals surface area contributed by atoms with E-state index in [2.05, 4.69) is 34.4 Å². The van der Waals surface area contributed by atoms with Crippen LogP contribution in [0.4, 0.5) is 5.69 Å². The Morgan fingerprint density at radius 1 is 0.677 bits per heavy atom. The van der Waals surface area contributed by atoms with Crippen LogP contribution in [0, 0.1) is 0 Å². The number of rotatable bonds is 25. The molecule has 12 nitrogen and oxygen atoms in total. The average molecular weight is 847 g/mol. The van der Waals surface area contributed by atoms with Gasteiger partial charge in [-0.25, -0.2) is 9.59 Å². The van der Waals surface area contributed by atoms with E-state index in [1.807, 2.05) is 72.5 Å². The standard InChI is InChI=1S/C50H66N6O6/c1-4-6-8-10-12-18-30-61-49(59)42(32-36-34-52-41-22-16-14-20-39(36)41)53-47(57)45-24-25-46(56(45)38-26-28-51-29-27-38)48(58)54-43(50(60)62-31-19-13-11-9-7-5-2)33-37-35-55(3)44-23-17-15-21-40(37)44/h14-17,20-23,26-29,34-35,42-43,45-46,52H,4-13,18-19,24-25,30-33H2,1-3H3,(H,53,57)(H,54,58)/t42-,43+,45+,46+/m1/s1. The van der Waals surface area contributed by atoms with E-state index >= 15 is 0 Å². The van der Waals surface area contributed by atoms with Gasteiger partial charge in [0.2, 0.25) is 11.8 Å². The van der Waals surface area contributed by atoms with Crippen molar-refractivity contribution in [3.8, 4) is 0 Å². The smallest absolute Gasteiger partial charge is 0.328 e. The molecule has 3 aromatic heterocycles. The summed E-state index contributed by atoms with van der Waals surface area (Å²) in [5.41, 5.74) is 4.40. The third-order valence-electron chi connectivity index (χ3n) is 12.1. The molecular weight excluding hydrogens is 781 g/mol. The minimum absolute atomic E-state index is 0.230. The number of benzene rings is 2. The normalized spacial score (nSPS) is 16.0. The number of aromatic nitrogens is 3. The summed E-state index contributed by atoms with van der Waals surface area (Å²) in [6, 6.07) is 15.9. The van der Waals surface area contributed by atoms with Gasteiger partial charge < -0.3 is 34.6 Å². The molecule has 4 atom stereocenters. The van der Waals surface area contributed by atoms with Gasteiger partial charge in [0, 0.05) is 72.2 Å². The number of hydrogen-bond donors (Lipinski definition) is 3. The monoisotopic (exact) mass is 847 g/mol. The van der Waals surface area contributed by atoms with Crippen molar-refractivity contribution in [2.24, 2.45) is 7.05 Å². The molecule has 1 aliphatic rings. The van der Waals surface area contributed by atoms with Crippen LogP contribution in [-0.4, -0.2) is 75.7 Å². The number of anilines is 1. The van der Waals surface area contributed by atoms with Crippen molar-refractivity contribution in [3.63, 3.8) is 0 Å². The van der Waals surface area contributed by atoms with E-state index in [4.69, 9.17) is 9.47 Å². The summed E-state index contributed by atoms with van der Waals surface area (Å²) in [6.45, 7) is 4.92. The molecule has 2 amide bonds. The largest absolute Gasteiger partial charge is 0.464 e. The van der Waals surface area contributed by atoms with Gasteiger partial charge in [0.05, 0.1) is 13.2 Å². The van der Waals surface area contributed by atoms with Crippen LogP contribution in [0.25, 0.3) is 21.8 Å². The molecule has 0 bridgehead atoms. The van der Waals surface area contributed by atoms with Crippen molar-refractivity contribution in [1.82, 2.24) is 25.2 Å². The van der Waals surface area contributed by atoms with E-state index in [0.29, 0.717) is 18.5 Å². The predicted octanol–water partition coefficient (Wildman–Crippen LogP) is 8.65. The molecule has 0 spiro atoms. The number of fused-ring (bicyclic) bond motifs is 2. The quantitative estimate of drug-likeness (QED) is 0.0391. The third kappa shape index (κ3) is 12.3. The number of esters is 2. The van der Waals surface area contributed by atoms with Gasteiger partial charge >= 0.3 is 11.9 Å². The van der Waals surface area contributed by atoms with Gasteiger partial charge in [-0.1, -0.05) is 114 Å². The number of amides is 2. The van der Waals surface area contributed by atoms with Crippen molar-refractivity contribution in [2.75, 3.05) is 18.1 Å². The number of carbonyl (C=O) groups excluding carboxylic acids is 4. The van der Waals surface area contributed by atoms with Crippen LogP contribution < -0.4 is 15.5 Å². The molecule has 62 heavy (non-hydrogen) atoms.